The zero-order chi connectivity index (χ0) is 17.8. The number of carboxylic acids is 1. The van der Waals surface area contributed by atoms with Crippen LogP contribution in [0.4, 0.5) is 0 Å². The van der Waals surface area contributed by atoms with Gasteiger partial charge in [0, 0.05) is 0 Å². The first-order valence-corrected chi connectivity index (χ1v) is 9.17. The van der Waals surface area contributed by atoms with Gasteiger partial charge in [0.25, 0.3) is 0 Å². The number of hydrogen-bond donors (Lipinski definition) is 1. The minimum absolute atomic E-state index is 0.0969. The zero-order valence-corrected chi connectivity index (χ0v) is 15.6. The molecule has 1 heterocycles. The van der Waals surface area contributed by atoms with Gasteiger partial charge in [-0.1, -0.05) is 45.4 Å². The van der Waals surface area contributed by atoms with Crippen molar-refractivity contribution in [3.8, 4) is 0 Å². The fraction of sp³-hybridized carbons (Fsp3) is 0.650. The van der Waals surface area contributed by atoms with Crippen LogP contribution in [0.3, 0.4) is 0 Å². The minimum atomic E-state index is -0.674. The molecule has 3 nitrogen and oxygen atoms in total. The van der Waals surface area contributed by atoms with Crippen molar-refractivity contribution < 1.29 is 14.6 Å². The van der Waals surface area contributed by atoms with Crippen LogP contribution in [-0.2, 0) is 21.3 Å². The minimum Gasteiger partial charge on any atom is -0.481 e. The van der Waals surface area contributed by atoms with E-state index in [0.29, 0.717) is 0 Å². The predicted molar refractivity (Wildman–Crippen MR) is 98.1 cm³/mol. The van der Waals surface area contributed by atoms with Crippen molar-refractivity contribution in [2.45, 2.75) is 77.6 Å². The third-order valence-corrected chi connectivity index (χ3v) is 6.46. The topological polar surface area (TPSA) is 46.5 Å². The van der Waals surface area contributed by atoms with E-state index in [2.05, 4.69) is 52.8 Å². The number of aryl methyl sites for hydroxylation is 1. The third kappa shape index (κ3) is 2.69. The molecule has 1 aliphatic heterocycles. The van der Waals surface area contributed by atoms with Crippen molar-refractivity contribution in [1.29, 1.82) is 0 Å². The summed E-state index contributed by atoms with van der Waals surface area (Å²) in [6.07, 6.45) is 4.47. The summed E-state index contributed by atoms with van der Waals surface area (Å²) < 4.78 is 6.36. The molecule has 4 heteroatoms. The molecular formula is C20H29BO3. The summed E-state index contributed by atoms with van der Waals surface area (Å²) in [5, 5.41) is 9.64. The van der Waals surface area contributed by atoms with E-state index in [1.807, 2.05) is 0 Å². The monoisotopic (exact) mass is 328 g/mol. The summed E-state index contributed by atoms with van der Waals surface area (Å²) >= 11 is 0. The molecule has 24 heavy (non-hydrogen) atoms. The standard InChI is InChI=1S/C20H29BO3/c1-6-7-14-12-15(21-13-18(2,3)19(4,5)24-21)8-9-16(14)20(10-11-20)17(22)23/h8-9,12H,6-7,10-11,13H2,1-5H3,(H,22,23). The van der Waals surface area contributed by atoms with Crippen LogP contribution in [-0.4, -0.2) is 23.6 Å². The van der Waals surface area contributed by atoms with Gasteiger partial charge in [-0.3, -0.25) is 4.79 Å². The molecule has 1 saturated heterocycles. The average Bonchev–Trinajstić information content (AvgIpc) is 3.24. The molecule has 3 rings (SSSR count). The summed E-state index contributed by atoms with van der Waals surface area (Å²) in [7, 11) is 0. The van der Waals surface area contributed by atoms with Crippen LogP contribution in [0.2, 0.25) is 6.32 Å². The molecule has 0 aromatic heterocycles. The van der Waals surface area contributed by atoms with E-state index in [0.717, 1.165) is 37.6 Å². The molecule has 0 spiro atoms. The molecule has 1 saturated carbocycles. The Labute approximate surface area is 145 Å². The first kappa shape index (κ1) is 17.5. The Balaban J connectivity index is 1.95. The van der Waals surface area contributed by atoms with E-state index >= 15 is 0 Å². The molecule has 0 radical (unpaired) electrons. The molecule has 1 aromatic carbocycles. The highest BCUT2D eigenvalue weighted by atomic mass is 16.5. The zero-order valence-electron chi connectivity index (χ0n) is 15.6. The molecule has 0 atom stereocenters. The Hall–Kier alpha value is -1.29. The Kier molecular flexibility index (Phi) is 4.11. The Morgan fingerprint density at radius 1 is 1.25 bits per heavy atom. The van der Waals surface area contributed by atoms with Crippen LogP contribution in [0.5, 0.6) is 0 Å². The molecule has 2 fully saturated rings. The largest absolute Gasteiger partial charge is 0.481 e. The highest BCUT2D eigenvalue weighted by molar-refractivity contribution is 6.68. The Morgan fingerprint density at radius 3 is 2.38 bits per heavy atom. The van der Waals surface area contributed by atoms with Gasteiger partial charge in [0.15, 0.2) is 0 Å². The van der Waals surface area contributed by atoms with E-state index < -0.39 is 11.4 Å². The van der Waals surface area contributed by atoms with Crippen LogP contribution in [0, 0.1) is 5.41 Å². The molecule has 1 N–H and O–H groups in total. The van der Waals surface area contributed by atoms with Crippen molar-refractivity contribution in [1.82, 2.24) is 0 Å². The van der Waals surface area contributed by atoms with Gasteiger partial charge >= 0.3 is 12.9 Å². The number of carboxylic acid groups (broad SMARTS) is 1. The van der Waals surface area contributed by atoms with E-state index in [1.54, 1.807) is 0 Å². The summed E-state index contributed by atoms with van der Waals surface area (Å²) in [6.45, 7) is 11.1. The number of carbonyl (C=O) groups is 1. The summed E-state index contributed by atoms with van der Waals surface area (Å²) in [5.74, 6) is -0.674. The first-order valence-electron chi connectivity index (χ1n) is 9.17. The van der Waals surface area contributed by atoms with E-state index in [1.165, 1.54) is 11.0 Å². The second kappa shape index (κ2) is 5.62. The summed E-state index contributed by atoms with van der Waals surface area (Å²) in [6, 6.07) is 6.37. The number of benzene rings is 1. The van der Waals surface area contributed by atoms with Crippen molar-refractivity contribution in [3.05, 3.63) is 29.3 Å². The van der Waals surface area contributed by atoms with E-state index in [-0.39, 0.29) is 17.9 Å². The second-order valence-electron chi connectivity index (χ2n) is 8.76. The van der Waals surface area contributed by atoms with Crippen molar-refractivity contribution >= 4 is 18.3 Å². The molecule has 2 aliphatic rings. The third-order valence-electron chi connectivity index (χ3n) is 6.46. The van der Waals surface area contributed by atoms with Crippen LogP contribution < -0.4 is 5.46 Å². The van der Waals surface area contributed by atoms with Gasteiger partial charge in [-0.2, -0.15) is 0 Å². The van der Waals surface area contributed by atoms with Gasteiger partial charge in [-0.25, -0.2) is 0 Å². The fourth-order valence-electron chi connectivity index (χ4n) is 3.93. The Morgan fingerprint density at radius 2 is 1.92 bits per heavy atom. The van der Waals surface area contributed by atoms with E-state index in [4.69, 9.17) is 4.65 Å². The molecule has 130 valence electrons. The van der Waals surface area contributed by atoms with Crippen molar-refractivity contribution in [2.75, 3.05) is 0 Å². The molecule has 0 unspecified atom stereocenters. The Bertz CT molecular complexity index is 643. The number of aliphatic carboxylic acids is 1. The quantitative estimate of drug-likeness (QED) is 0.837. The van der Waals surface area contributed by atoms with Gasteiger partial charge in [0.1, 0.15) is 0 Å². The van der Waals surface area contributed by atoms with Gasteiger partial charge in [0.2, 0.25) is 0 Å². The maximum Gasteiger partial charge on any atom is 0.327 e. The number of rotatable bonds is 5. The highest BCUT2D eigenvalue weighted by Gasteiger charge is 2.53. The van der Waals surface area contributed by atoms with Gasteiger partial charge in [0.05, 0.1) is 11.0 Å². The highest BCUT2D eigenvalue weighted by Crippen LogP contribution is 2.50. The molecule has 0 bridgehead atoms. The smallest absolute Gasteiger partial charge is 0.327 e. The molecule has 1 aromatic rings. The second-order valence-corrected chi connectivity index (χ2v) is 8.76. The average molecular weight is 328 g/mol. The fourth-order valence-corrected chi connectivity index (χ4v) is 3.93. The lowest BCUT2D eigenvalue weighted by Gasteiger charge is -2.34. The lowest BCUT2D eigenvalue weighted by atomic mass is 9.54. The number of hydrogen-bond acceptors (Lipinski definition) is 2. The van der Waals surface area contributed by atoms with Crippen molar-refractivity contribution in [2.24, 2.45) is 5.41 Å². The van der Waals surface area contributed by atoms with Gasteiger partial charge < -0.3 is 9.76 Å². The lowest BCUT2D eigenvalue weighted by Crippen LogP contribution is -2.36. The SMILES string of the molecule is CCCc1cc(B2CC(C)(C)C(C)(C)O2)ccc1C1(C(=O)O)CC1. The first-order chi connectivity index (χ1) is 11.1. The molecule has 1 aliphatic carbocycles. The van der Waals surface area contributed by atoms with Crippen molar-refractivity contribution in [3.63, 3.8) is 0 Å². The van der Waals surface area contributed by atoms with Crippen LogP contribution in [0.1, 0.15) is 65.0 Å². The normalized spacial score (nSPS) is 23.3. The molecule has 0 amide bonds. The summed E-state index contributed by atoms with van der Waals surface area (Å²) in [5.41, 5.74) is 2.76. The summed E-state index contributed by atoms with van der Waals surface area (Å²) in [4.78, 5) is 11.7. The van der Waals surface area contributed by atoms with E-state index in [9.17, 15) is 9.90 Å². The van der Waals surface area contributed by atoms with Crippen LogP contribution in [0.15, 0.2) is 18.2 Å². The van der Waals surface area contributed by atoms with Gasteiger partial charge in [-0.05, 0) is 61.4 Å². The lowest BCUT2D eigenvalue weighted by molar-refractivity contribution is -0.140. The molecular weight excluding hydrogens is 299 g/mol. The van der Waals surface area contributed by atoms with Gasteiger partial charge in [-0.15, -0.1) is 0 Å². The predicted octanol–water partition coefficient (Wildman–Crippen LogP) is 3.79. The maximum atomic E-state index is 11.7. The van der Waals surface area contributed by atoms with Crippen LogP contribution >= 0.6 is 0 Å². The van der Waals surface area contributed by atoms with Crippen LogP contribution in [0.25, 0.3) is 0 Å². The maximum absolute atomic E-state index is 11.7.